The fraction of sp³-hybridized carbons (Fsp3) is 0.0526. The first-order valence-corrected chi connectivity index (χ1v) is 7.59. The van der Waals surface area contributed by atoms with Gasteiger partial charge < -0.3 is 15.4 Å². The zero-order valence-electron chi connectivity index (χ0n) is 13.5. The summed E-state index contributed by atoms with van der Waals surface area (Å²) in [5.74, 6) is 0.463. The monoisotopic (exact) mass is 337 g/mol. The Hall–Kier alpha value is -3.41. The molecule has 3 aromatic rings. The summed E-state index contributed by atoms with van der Waals surface area (Å²) in [5, 5.41) is 5.84. The summed E-state index contributed by atoms with van der Waals surface area (Å²) in [6.07, 6.45) is 1.58. The molecule has 0 fully saturated rings. The second kappa shape index (κ2) is 7.44. The Morgan fingerprint density at radius 2 is 1.68 bits per heavy atom. The molecule has 1 heterocycles. The lowest BCUT2D eigenvalue weighted by Gasteiger charge is -2.11. The van der Waals surface area contributed by atoms with Crippen LogP contribution in [0.15, 0.2) is 66.9 Å². The van der Waals surface area contributed by atoms with E-state index in [2.05, 4.69) is 15.6 Å². The van der Waals surface area contributed by atoms with E-state index in [-0.39, 0.29) is 11.7 Å². The summed E-state index contributed by atoms with van der Waals surface area (Å²) in [6.45, 7) is 0. The molecule has 0 aliphatic carbocycles. The van der Waals surface area contributed by atoms with Gasteiger partial charge in [-0.15, -0.1) is 0 Å². The second-order valence-electron chi connectivity index (χ2n) is 5.21. The van der Waals surface area contributed by atoms with Gasteiger partial charge in [-0.25, -0.2) is 9.37 Å². The van der Waals surface area contributed by atoms with Crippen molar-refractivity contribution in [3.05, 3.63) is 78.2 Å². The van der Waals surface area contributed by atoms with E-state index in [1.807, 2.05) is 0 Å². The van der Waals surface area contributed by atoms with E-state index in [0.717, 1.165) is 0 Å². The van der Waals surface area contributed by atoms with Crippen LogP contribution < -0.4 is 15.4 Å². The molecule has 0 atom stereocenters. The first-order chi connectivity index (χ1) is 12.2. The van der Waals surface area contributed by atoms with Crippen molar-refractivity contribution < 1.29 is 13.9 Å². The van der Waals surface area contributed by atoms with Gasteiger partial charge >= 0.3 is 0 Å². The number of anilines is 3. The molecule has 0 bridgehead atoms. The van der Waals surface area contributed by atoms with Gasteiger partial charge in [0.2, 0.25) is 0 Å². The molecule has 3 rings (SSSR count). The largest absolute Gasteiger partial charge is 0.497 e. The van der Waals surface area contributed by atoms with E-state index in [1.165, 1.54) is 12.1 Å². The average Bonchev–Trinajstić information content (AvgIpc) is 2.64. The molecule has 5 nitrogen and oxygen atoms in total. The SMILES string of the molecule is COc1ccc(NC(=O)c2cccnc2Nc2ccc(F)cc2)cc1. The molecule has 0 unspecified atom stereocenters. The van der Waals surface area contributed by atoms with Gasteiger partial charge in [0.15, 0.2) is 0 Å². The fourth-order valence-corrected chi connectivity index (χ4v) is 2.23. The molecule has 2 aromatic carbocycles. The van der Waals surface area contributed by atoms with Crippen molar-refractivity contribution in [2.45, 2.75) is 0 Å². The van der Waals surface area contributed by atoms with E-state index >= 15 is 0 Å². The molecule has 25 heavy (non-hydrogen) atoms. The zero-order chi connectivity index (χ0) is 17.6. The third kappa shape index (κ3) is 4.11. The summed E-state index contributed by atoms with van der Waals surface area (Å²) in [4.78, 5) is 16.8. The van der Waals surface area contributed by atoms with Gasteiger partial charge in [-0.3, -0.25) is 4.79 Å². The number of nitrogens with zero attached hydrogens (tertiary/aromatic N) is 1. The Balaban J connectivity index is 1.79. The third-order valence-electron chi connectivity index (χ3n) is 3.51. The van der Waals surface area contributed by atoms with Crippen molar-refractivity contribution in [1.29, 1.82) is 0 Å². The number of ether oxygens (including phenoxy) is 1. The Labute approximate surface area is 144 Å². The highest BCUT2D eigenvalue weighted by Crippen LogP contribution is 2.21. The molecule has 0 radical (unpaired) electrons. The van der Waals surface area contributed by atoms with E-state index in [0.29, 0.717) is 28.5 Å². The third-order valence-corrected chi connectivity index (χ3v) is 3.51. The summed E-state index contributed by atoms with van der Waals surface area (Å²) in [5.41, 5.74) is 1.66. The number of pyridine rings is 1. The van der Waals surface area contributed by atoms with Crippen LogP contribution in [0.25, 0.3) is 0 Å². The molecule has 0 saturated carbocycles. The first-order valence-electron chi connectivity index (χ1n) is 7.59. The van der Waals surface area contributed by atoms with Crippen molar-refractivity contribution in [2.24, 2.45) is 0 Å². The van der Waals surface area contributed by atoms with Crippen molar-refractivity contribution in [3.63, 3.8) is 0 Å². The van der Waals surface area contributed by atoms with Gasteiger partial charge in [0.1, 0.15) is 17.4 Å². The minimum absolute atomic E-state index is 0.303. The van der Waals surface area contributed by atoms with Crippen LogP contribution in [-0.4, -0.2) is 18.0 Å². The maximum Gasteiger partial charge on any atom is 0.259 e. The van der Waals surface area contributed by atoms with Crippen molar-refractivity contribution in [3.8, 4) is 5.75 Å². The fourth-order valence-electron chi connectivity index (χ4n) is 2.23. The lowest BCUT2D eigenvalue weighted by atomic mass is 10.2. The van der Waals surface area contributed by atoms with Crippen molar-refractivity contribution >= 4 is 23.1 Å². The number of carbonyl (C=O) groups excluding carboxylic acids is 1. The van der Waals surface area contributed by atoms with Crippen LogP contribution in [0.4, 0.5) is 21.6 Å². The lowest BCUT2D eigenvalue weighted by molar-refractivity contribution is 0.102. The molecule has 0 aliphatic heterocycles. The number of amides is 1. The number of hydrogen-bond acceptors (Lipinski definition) is 4. The van der Waals surface area contributed by atoms with Crippen LogP contribution in [0, 0.1) is 5.82 Å². The molecule has 2 N–H and O–H groups in total. The summed E-state index contributed by atoms with van der Waals surface area (Å²) in [6, 6.07) is 16.2. The van der Waals surface area contributed by atoms with Crippen LogP contribution >= 0.6 is 0 Å². The van der Waals surface area contributed by atoms with Crippen LogP contribution in [0.3, 0.4) is 0 Å². The van der Waals surface area contributed by atoms with E-state index in [4.69, 9.17) is 4.74 Å². The molecule has 0 spiro atoms. The number of methoxy groups -OCH3 is 1. The van der Waals surface area contributed by atoms with Crippen molar-refractivity contribution in [1.82, 2.24) is 4.98 Å². The van der Waals surface area contributed by atoms with E-state index in [9.17, 15) is 9.18 Å². The quantitative estimate of drug-likeness (QED) is 0.731. The summed E-state index contributed by atoms with van der Waals surface area (Å²) in [7, 11) is 1.58. The van der Waals surface area contributed by atoms with Crippen LogP contribution in [0.1, 0.15) is 10.4 Å². The van der Waals surface area contributed by atoms with Crippen molar-refractivity contribution in [2.75, 3.05) is 17.7 Å². The number of hydrogen-bond donors (Lipinski definition) is 2. The Morgan fingerprint density at radius 3 is 2.36 bits per heavy atom. The number of halogens is 1. The first kappa shape index (κ1) is 16.4. The number of aromatic nitrogens is 1. The molecule has 6 heteroatoms. The highest BCUT2D eigenvalue weighted by molar-refractivity contribution is 6.07. The van der Waals surface area contributed by atoms with Crippen LogP contribution in [-0.2, 0) is 0 Å². The van der Waals surface area contributed by atoms with Gasteiger partial charge in [0.05, 0.1) is 12.7 Å². The van der Waals surface area contributed by atoms with Gasteiger partial charge in [-0.2, -0.15) is 0 Å². The number of rotatable bonds is 5. The van der Waals surface area contributed by atoms with Gasteiger partial charge in [0, 0.05) is 17.6 Å². The molecule has 1 aromatic heterocycles. The predicted octanol–water partition coefficient (Wildman–Crippen LogP) is 4.23. The van der Waals surface area contributed by atoms with Crippen LogP contribution in [0.5, 0.6) is 5.75 Å². The van der Waals surface area contributed by atoms with E-state index in [1.54, 1.807) is 61.8 Å². The Kier molecular flexibility index (Phi) is 4.89. The average molecular weight is 337 g/mol. The molecular weight excluding hydrogens is 321 g/mol. The molecule has 0 aliphatic rings. The molecular formula is C19H16FN3O2. The maximum atomic E-state index is 13.0. The molecule has 1 amide bonds. The van der Waals surface area contributed by atoms with E-state index < -0.39 is 0 Å². The lowest BCUT2D eigenvalue weighted by Crippen LogP contribution is -2.14. The minimum atomic E-state index is -0.330. The number of benzene rings is 2. The Morgan fingerprint density at radius 1 is 1.00 bits per heavy atom. The number of nitrogens with one attached hydrogen (secondary N) is 2. The smallest absolute Gasteiger partial charge is 0.259 e. The standard InChI is InChI=1S/C19H16FN3O2/c1-25-16-10-8-15(9-11-16)23-19(24)17-3-2-12-21-18(17)22-14-6-4-13(20)5-7-14/h2-12H,1H3,(H,21,22)(H,23,24). The van der Waals surface area contributed by atoms with Crippen LogP contribution in [0.2, 0.25) is 0 Å². The Bertz CT molecular complexity index is 865. The summed E-state index contributed by atoms with van der Waals surface area (Å²) < 4.78 is 18.1. The second-order valence-corrected chi connectivity index (χ2v) is 5.21. The zero-order valence-corrected chi connectivity index (χ0v) is 13.5. The highest BCUT2D eigenvalue weighted by Gasteiger charge is 2.13. The van der Waals surface area contributed by atoms with Gasteiger partial charge in [-0.1, -0.05) is 0 Å². The van der Waals surface area contributed by atoms with Gasteiger partial charge in [0.25, 0.3) is 5.91 Å². The maximum absolute atomic E-state index is 13.0. The molecule has 126 valence electrons. The predicted molar refractivity (Wildman–Crippen MR) is 94.9 cm³/mol. The highest BCUT2D eigenvalue weighted by atomic mass is 19.1. The number of carbonyl (C=O) groups is 1. The van der Waals surface area contributed by atoms with Gasteiger partial charge in [-0.05, 0) is 60.7 Å². The molecule has 0 saturated heterocycles. The topological polar surface area (TPSA) is 63.2 Å². The minimum Gasteiger partial charge on any atom is -0.497 e. The normalized spacial score (nSPS) is 10.2. The summed E-state index contributed by atoms with van der Waals surface area (Å²) >= 11 is 0.